The van der Waals surface area contributed by atoms with E-state index < -0.39 is 0 Å². The van der Waals surface area contributed by atoms with Gasteiger partial charge in [0.2, 0.25) is 0 Å². The molecule has 0 bridgehead atoms. The van der Waals surface area contributed by atoms with Gasteiger partial charge in [0.25, 0.3) is 5.91 Å². The molecule has 1 amide bonds. The number of H-pyrrole nitrogens is 1. The maximum Gasteiger partial charge on any atom is 0.275 e. The van der Waals surface area contributed by atoms with Gasteiger partial charge in [0.05, 0.1) is 18.1 Å². The number of benzene rings is 1. The molecule has 0 atom stereocenters. The number of aromatic amines is 1. The van der Waals surface area contributed by atoms with Crippen LogP contribution in [0.15, 0.2) is 49.1 Å². The van der Waals surface area contributed by atoms with Crippen molar-refractivity contribution in [2.45, 2.75) is 6.92 Å². The third kappa shape index (κ3) is 2.94. The molecule has 0 radical (unpaired) electrons. The third-order valence-electron chi connectivity index (χ3n) is 2.93. The largest absolute Gasteiger partial charge is 0.342 e. The molecule has 2 heterocycles. The van der Waals surface area contributed by atoms with Crippen molar-refractivity contribution >= 4 is 11.6 Å². The van der Waals surface area contributed by atoms with Gasteiger partial charge in [-0.15, -0.1) is 0 Å². The van der Waals surface area contributed by atoms with Crippen LogP contribution in [0.3, 0.4) is 0 Å². The Labute approximate surface area is 121 Å². The third-order valence-corrected chi connectivity index (χ3v) is 2.93. The number of aryl methyl sites for hydroxylation is 1. The van der Waals surface area contributed by atoms with E-state index >= 15 is 0 Å². The van der Waals surface area contributed by atoms with E-state index in [1.807, 2.05) is 31.2 Å². The molecule has 0 aliphatic rings. The van der Waals surface area contributed by atoms with Crippen molar-refractivity contribution in [3.05, 3.63) is 60.6 Å². The minimum absolute atomic E-state index is 0.278. The summed E-state index contributed by atoms with van der Waals surface area (Å²) in [5.74, 6) is 0.556. The fourth-order valence-electron chi connectivity index (χ4n) is 1.94. The zero-order valence-electron chi connectivity index (χ0n) is 11.4. The van der Waals surface area contributed by atoms with Crippen molar-refractivity contribution in [3.63, 3.8) is 0 Å². The van der Waals surface area contributed by atoms with Crippen LogP contribution >= 0.6 is 0 Å². The molecule has 1 aromatic carbocycles. The number of hydrogen-bond acceptors (Lipinski definition) is 4. The van der Waals surface area contributed by atoms with Gasteiger partial charge in [-0.1, -0.05) is 12.1 Å². The highest BCUT2D eigenvalue weighted by molar-refractivity contribution is 6.02. The van der Waals surface area contributed by atoms with Crippen LogP contribution in [0.5, 0.6) is 0 Å². The Bertz CT molecular complexity index is 766. The number of amides is 1. The van der Waals surface area contributed by atoms with E-state index in [1.54, 1.807) is 6.20 Å². The van der Waals surface area contributed by atoms with Gasteiger partial charge >= 0.3 is 0 Å². The molecular weight excluding hydrogens is 266 g/mol. The van der Waals surface area contributed by atoms with Crippen molar-refractivity contribution in [1.82, 2.24) is 19.9 Å². The van der Waals surface area contributed by atoms with E-state index in [1.165, 1.54) is 18.6 Å². The van der Waals surface area contributed by atoms with Crippen molar-refractivity contribution in [1.29, 1.82) is 0 Å². The first-order valence-electron chi connectivity index (χ1n) is 6.42. The molecule has 0 spiro atoms. The lowest BCUT2D eigenvalue weighted by atomic mass is 10.1. The highest BCUT2D eigenvalue weighted by Crippen LogP contribution is 2.21. The van der Waals surface area contributed by atoms with Gasteiger partial charge in [-0.05, 0) is 19.1 Å². The summed E-state index contributed by atoms with van der Waals surface area (Å²) in [6, 6.07) is 7.52. The zero-order valence-corrected chi connectivity index (χ0v) is 11.4. The molecule has 21 heavy (non-hydrogen) atoms. The maximum absolute atomic E-state index is 12.0. The van der Waals surface area contributed by atoms with E-state index in [-0.39, 0.29) is 11.6 Å². The Kier molecular flexibility index (Phi) is 3.42. The number of anilines is 1. The van der Waals surface area contributed by atoms with Gasteiger partial charge in [-0.25, -0.2) is 9.97 Å². The topological polar surface area (TPSA) is 83.6 Å². The fraction of sp³-hybridized carbons (Fsp3) is 0.0667. The van der Waals surface area contributed by atoms with Gasteiger partial charge in [0, 0.05) is 23.6 Å². The Morgan fingerprint density at radius 3 is 2.81 bits per heavy atom. The first kappa shape index (κ1) is 13.0. The zero-order chi connectivity index (χ0) is 14.7. The SMILES string of the molecule is Cc1ncc(-c2cccc(NC(=O)c3cnccn3)c2)[nH]1. The maximum atomic E-state index is 12.0. The normalized spacial score (nSPS) is 10.3. The van der Waals surface area contributed by atoms with Crippen molar-refractivity contribution in [2.75, 3.05) is 5.32 Å². The lowest BCUT2D eigenvalue weighted by molar-refractivity contribution is 0.102. The number of hydrogen-bond donors (Lipinski definition) is 2. The van der Waals surface area contributed by atoms with E-state index in [0.717, 1.165) is 17.1 Å². The van der Waals surface area contributed by atoms with E-state index in [9.17, 15) is 4.79 Å². The summed E-state index contributed by atoms with van der Waals surface area (Å²) >= 11 is 0. The fourth-order valence-corrected chi connectivity index (χ4v) is 1.94. The summed E-state index contributed by atoms with van der Waals surface area (Å²) in [6.45, 7) is 1.89. The monoisotopic (exact) mass is 279 g/mol. The van der Waals surface area contributed by atoms with Gasteiger partial charge in [0.1, 0.15) is 11.5 Å². The van der Waals surface area contributed by atoms with Crippen molar-refractivity contribution < 1.29 is 4.79 Å². The second-order valence-corrected chi connectivity index (χ2v) is 4.51. The summed E-state index contributed by atoms with van der Waals surface area (Å²) in [5.41, 5.74) is 2.83. The molecule has 3 rings (SSSR count). The average Bonchev–Trinajstić information content (AvgIpc) is 2.95. The molecule has 2 N–H and O–H groups in total. The highest BCUT2D eigenvalue weighted by atomic mass is 16.1. The summed E-state index contributed by atoms with van der Waals surface area (Å²) in [5, 5.41) is 2.80. The van der Waals surface area contributed by atoms with Crippen LogP contribution in [0, 0.1) is 6.92 Å². The molecule has 0 saturated carbocycles. The molecule has 0 saturated heterocycles. The number of nitrogens with one attached hydrogen (secondary N) is 2. The second-order valence-electron chi connectivity index (χ2n) is 4.51. The molecule has 0 unspecified atom stereocenters. The number of carbonyl (C=O) groups is 1. The van der Waals surface area contributed by atoms with Gasteiger partial charge < -0.3 is 10.3 Å². The molecule has 104 valence electrons. The number of nitrogens with zero attached hydrogens (tertiary/aromatic N) is 3. The van der Waals surface area contributed by atoms with Gasteiger partial charge in [0.15, 0.2) is 0 Å². The molecule has 0 fully saturated rings. The van der Waals surface area contributed by atoms with Crippen molar-refractivity contribution in [3.8, 4) is 11.3 Å². The molecule has 0 aliphatic carbocycles. The van der Waals surface area contributed by atoms with Crippen LogP contribution in [0.1, 0.15) is 16.3 Å². The highest BCUT2D eigenvalue weighted by Gasteiger charge is 2.08. The number of carbonyl (C=O) groups excluding carboxylic acids is 1. The summed E-state index contributed by atoms with van der Waals surface area (Å²) < 4.78 is 0. The van der Waals surface area contributed by atoms with Crippen molar-refractivity contribution in [2.24, 2.45) is 0 Å². The van der Waals surface area contributed by atoms with Crippen LogP contribution in [0.4, 0.5) is 5.69 Å². The summed E-state index contributed by atoms with van der Waals surface area (Å²) in [4.78, 5) is 27.2. The minimum atomic E-state index is -0.291. The molecular formula is C15H13N5O. The average molecular weight is 279 g/mol. The van der Waals surface area contributed by atoms with Crippen LogP contribution in [0.25, 0.3) is 11.3 Å². The Hall–Kier alpha value is -3.02. The quantitative estimate of drug-likeness (QED) is 0.771. The van der Waals surface area contributed by atoms with E-state index in [0.29, 0.717) is 5.69 Å². The second kappa shape index (κ2) is 5.54. The lowest BCUT2D eigenvalue weighted by Crippen LogP contribution is -2.13. The minimum Gasteiger partial charge on any atom is -0.342 e. The van der Waals surface area contributed by atoms with Gasteiger partial charge in [-0.3, -0.25) is 9.78 Å². The van der Waals surface area contributed by atoms with E-state index in [4.69, 9.17) is 0 Å². The number of aromatic nitrogens is 4. The first-order chi connectivity index (χ1) is 10.2. The Morgan fingerprint density at radius 1 is 1.19 bits per heavy atom. The smallest absolute Gasteiger partial charge is 0.275 e. The molecule has 2 aromatic heterocycles. The lowest BCUT2D eigenvalue weighted by Gasteiger charge is -2.06. The molecule has 3 aromatic rings. The van der Waals surface area contributed by atoms with Crippen LogP contribution in [-0.2, 0) is 0 Å². The van der Waals surface area contributed by atoms with Gasteiger partial charge in [-0.2, -0.15) is 0 Å². The predicted octanol–water partition coefficient (Wildman–Crippen LogP) is 2.43. The first-order valence-corrected chi connectivity index (χ1v) is 6.42. The van der Waals surface area contributed by atoms with E-state index in [2.05, 4.69) is 25.3 Å². The Morgan fingerprint density at radius 2 is 2.10 bits per heavy atom. The standard InChI is InChI=1S/C15H13N5O/c1-10-18-9-13(19-10)11-3-2-4-12(7-11)20-15(21)14-8-16-5-6-17-14/h2-9H,1H3,(H,18,19)(H,20,21). The number of imidazole rings is 1. The van der Waals surface area contributed by atoms with Crippen LogP contribution in [-0.4, -0.2) is 25.8 Å². The Balaban J connectivity index is 1.82. The number of rotatable bonds is 3. The summed E-state index contributed by atoms with van der Waals surface area (Å²) in [6.07, 6.45) is 6.20. The van der Waals surface area contributed by atoms with Crippen LogP contribution < -0.4 is 5.32 Å². The predicted molar refractivity (Wildman–Crippen MR) is 78.7 cm³/mol. The summed E-state index contributed by atoms with van der Waals surface area (Å²) in [7, 11) is 0. The molecule has 0 aliphatic heterocycles. The van der Waals surface area contributed by atoms with Crippen LogP contribution in [0.2, 0.25) is 0 Å². The molecule has 6 heteroatoms. The molecule has 6 nitrogen and oxygen atoms in total.